The zero-order chi connectivity index (χ0) is 28.6. The van der Waals surface area contributed by atoms with Crippen molar-refractivity contribution in [3.63, 3.8) is 0 Å². The van der Waals surface area contributed by atoms with E-state index in [4.69, 9.17) is 11.6 Å². The topological polar surface area (TPSA) is 145 Å². The average Bonchev–Trinajstić information content (AvgIpc) is 2.88. The normalized spacial score (nSPS) is 27.0. The third kappa shape index (κ3) is 4.63. The Bertz CT molecular complexity index is 1720. The first-order valence-electron chi connectivity index (χ1n) is 12.7. The zero-order valence-electron chi connectivity index (χ0n) is 21.3. The fourth-order valence-electron chi connectivity index (χ4n) is 6.60. The minimum Gasteiger partial charge on any atom is -0.511 e. The molecule has 2 heterocycles. The summed E-state index contributed by atoms with van der Waals surface area (Å²) in [5.74, 6) is -2.01. The largest absolute Gasteiger partial charge is 0.511 e. The van der Waals surface area contributed by atoms with Crippen LogP contribution in [0, 0.1) is 23.6 Å². The van der Waals surface area contributed by atoms with Gasteiger partial charge in [0.15, 0.2) is 5.84 Å². The zero-order valence-corrected chi connectivity index (χ0v) is 23.7. The van der Waals surface area contributed by atoms with Crippen LogP contribution in [0.4, 0.5) is 15.8 Å². The number of carbonyl (C=O) groups excluding carboxylic acids is 1. The van der Waals surface area contributed by atoms with Gasteiger partial charge in [0.25, 0.3) is 15.9 Å². The molecule has 0 saturated heterocycles. The van der Waals surface area contributed by atoms with Gasteiger partial charge in [0.2, 0.25) is 10.0 Å². The van der Waals surface area contributed by atoms with Crippen LogP contribution in [0.2, 0.25) is 5.02 Å². The summed E-state index contributed by atoms with van der Waals surface area (Å²) >= 11 is 6.12. The van der Waals surface area contributed by atoms with E-state index in [1.165, 1.54) is 35.2 Å². The summed E-state index contributed by atoms with van der Waals surface area (Å²) < 4.78 is 70.5. The molecule has 7 rings (SSSR count). The summed E-state index contributed by atoms with van der Waals surface area (Å²) in [6.45, 7) is -0.108. The Morgan fingerprint density at radius 3 is 2.55 bits per heavy atom. The molecular formula is C26H26ClFN4O6S2. The Morgan fingerprint density at radius 2 is 1.85 bits per heavy atom. The average molecular weight is 609 g/mol. The number of rotatable bonds is 5. The first kappa shape index (κ1) is 27.0. The van der Waals surface area contributed by atoms with Crippen LogP contribution < -0.4 is 10.0 Å². The lowest BCUT2D eigenvalue weighted by Gasteiger charge is -2.54. The van der Waals surface area contributed by atoms with Crippen LogP contribution in [0.5, 0.6) is 0 Å². The Kier molecular flexibility index (Phi) is 6.39. The fourth-order valence-corrected chi connectivity index (χ4v) is 8.50. The summed E-state index contributed by atoms with van der Waals surface area (Å²) in [6.07, 6.45) is 4.40. The van der Waals surface area contributed by atoms with E-state index in [9.17, 15) is 31.1 Å². The molecule has 0 unspecified atom stereocenters. The van der Waals surface area contributed by atoms with Gasteiger partial charge in [0.1, 0.15) is 22.0 Å². The van der Waals surface area contributed by atoms with E-state index in [1.54, 1.807) is 0 Å². The maximum absolute atomic E-state index is 14.8. The third-order valence-electron chi connectivity index (χ3n) is 8.19. The van der Waals surface area contributed by atoms with Crippen LogP contribution in [-0.4, -0.2) is 50.9 Å². The smallest absolute Gasteiger partial charge is 0.286 e. The molecule has 10 nitrogen and oxygen atoms in total. The molecule has 2 aromatic carbocycles. The lowest BCUT2D eigenvalue weighted by molar-refractivity contribution is -0.140. The number of aliphatic hydroxyl groups excluding tert-OH is 1. The van der Waals surface area contributed by atoms with Crippen molar-refractivity contribution in [3.8, 4) is 0 Å². The standard InChI is InChI=1S/C26H26ClFN4O6S2/c1-39(35,36)30-17-7-9-19-20(11-17)40(37,38)31-25(29-19)22-24(33)21-13-2-4-14(5-3-13)23(21)32(26(22)34)12-15-10-16(27)6-8-18(15)28/h6-11,13-14,21,23,30,33H,2-5,12H2,1H3,(H,29,31)/t13?,14?,21-,23+/m1/s1. The Morgan fingerprint density at radius 1 is 1.15 bits per heavy atom. The number of amides is 1. The Hall–Kier alpha value is -3.16. The number of halogens is 2. The van der Waals surface area contributed by atoms with Crippen molar-refractivity contribution >= 4 is 54.8 Å². The molecule has 2 atom stereocenters. The molecule has 3 fully saturated rings. The number of hydrogen-bond acceptors (Lipinski definition) is 7. The number of amidine groups is 1. The van der Waals surface area contributed by atoms with Crippen LogP contribution in [0.25, 0.3) is 0 Å². The second-order valence-corrected chi connectivity index (χ2v) is 14.5. The van der Waals surface area contributed by atoms with Crippen molar-refractivity contribution < 1.29 is 31.1 Å². The van der Waals surface area contributed by atoms with Gasteiger partial charge in [-0.3, -0.25) is 9.52 Å². The third-order valence-corrected chi connectivity index (χ3v) is 10.4. The van der Waals surface area contributed by atoms with Gasteiger partial charge in [-0.05, 0) is 73.9 Å². The van der Waals surface area contributed by atoms with Gasteiger partial charge in [-0.15, -0.1) is 4.40 Å². The van der Waals surface area contributed by atoms with Crippen molar-refractivity contribution in [2.24, 2.45) is 22.2 Å². The van der Waals surface area contributed by atoms with E-state index < -0.39 is 37.7 Å². The van der Waals surface area contributed by atoms with Gasteiger partial charge in [-0.2, -0.15) is 8.42 Å². The van der Waals surface area contributed by atoms with Crippen molar-refractivity contribution in [1.82, 2.24) is 4.90 Å². The maximum Gasteiger partial charge on any atom is 0.286 e. The lowest BCUT2D eigenvalue weighted by Crippen LogP contribution is -2.60. The van der Waals surface area contributed by atoms with Gasteiger partial charge in [0, 0.05) is 34.8 Å². The van der Waals surface area contributed by atoms with Crippen molar-refractivity contribution in [1.29, 1.82) is 0 Å². The predicted octanol–water partition coefficient (Wildman–Crippen LogP) is 4.02. The van der Waals surface area contributed by atoms with Gasteiger partial charge < -0.3 is 15.3 Å². The molecule has 2 bridgehead atoms. The van der Waals surface area contributed by atoms with Crippen molar-refractivity contribution in [2.75, 3.05) is 16.3 Å². The van der Waals surface area contributed by atoms with Gasteiger partial charge in [-0.25, -0.2) is 12.8 Å². The molecule has 0 spiro atoms. The Labute approximate surface area is 236 Å². The molecule has 2 aliphatic heterocycles. The molecule has 0 radical (unpaired) electrons. The maximum atomic E-state index is 14.8. The highest BCUT2D eigenvalue weighted by Gasteiger charge is 2.54. The highest BCUT2D eigenvalue weighted by molar-refractivity contribution is 7.92. The molecule has 3 N–H and O–H groups in total. The van der Waals surface area contributed by atoms with E-state index in [1.807, 2.05) is 0 Å². The predicted molar refractivity (Wildman–Crippen MR) is 147 cm³/mol. The van der Waals surface area contributed by atoms with Crippen molar-refractivity contribution in [3.05, 3.63) is 64.1 Å². The molecule has 0 aromatic heterocycles. The number of fused-ring (bicyclic) bond motifs is 3. The summed E-state index contributed by atoms with van der Waals surface area (Å²) in [5, 5.41) is 14.7. The molecular weight excluding hydrogens is 583 g/mol. The van der Waals surface area contributed by atoms with E-state index in [0.29, 0.717) is 5.02 Å². The quantitative estimate of drug-likeness (QED) is 0.465. The minimum atomic E-state index is -4.40. The Balaban J connectivity index is 1.44. The number of nitrogens with one attached hydrogen (secondary N) is 2. The molecule has 3 aliphatic carbocycles. The van der Waals surface area contributed by atoms with Crippen molar-refractivity contribution in [2.45, 2.75) is 43.2 Å². The molecule has 40 heavy (non-hydrogen) atoms. The molecule has 5 aliphatic rings. The van der Waals surface area contributed by atoms with E-state index in [-0.39, 0.29) is 63.4 Å². The highest BCUT2D eigenvalue weighted by atomic mass is 35.5. The fraction of sp³-hybridized carbons (Fsp3) is 0.385. The first-order valence-corrected chi connectivity index (χ1v) is 16.5. The van der Waals surface area contributed by atoms with Crippen LogP contribution in [0.15, 0.2) is 57.0 Å². The van der Waals surface area contributed by atoms with Crippen LogP contribution in [-0.2, 0) is 31.4 Å². The summed E-state index contributed by atoms with van der Waals surface area (Å²) in [5.41, 5.74) is 0.0294. The van der Waals surface area contributed by atoms with Crippen LogP contribution >= 0.6 is 11.6 Å². The molecule has 1 amide bonds. The minimum absolute atomic E-state index is 0.0249. The SMILES string of the molecule is CS(=O)(=O)Nc1ccc2c(c1)S(=O)(=O)N=C(C1=C(O)[C@@H]3C4CCC(CC4)[C@@H]3N(Cc3cc(Cl)ccc3F)C1=O)N2. The molecule has 2 aromatic rings. The number of anilines is 2. The van der Waals surface area contributed by atoms with Gasteiger partial charge >= 0.3 is 0 Å². The van der Waals surface area contributed by atoms with E-state index in [2.05, 4.69) is 14.4 Å². The molecule has 14 heteroatoms. The molecule has 3 saturated carbocycles. The number of hydrogen-bond donors (Lipinski definition) is 3. The van der Waals surface area contributed by atoms with Gasteiger partial charge in [-0.1, -0.05) is 11.6 Å². The van der Waals surface area contributed by atoms with Gasteiger partial charge in [0.05, 0.1) is 11.9 Å². The number of carbonyl (C=O) groups is 1. The summed E-state index contributed by atoms with van der Waals surface area (Å²) in [4.78, 5) is 15.3. The highest BCUT2D eigenvalue weighted by Crippen LogP contribution is 2.52. The lowest BCUT2D eigenvalue weighted by atomic mass is 9.59. The number of sulfonamides is 2. The van der Waals surface area contributed by atoms with E-state index in [0.717, 1.165) is 38.0 Å². The monoisotopic (exact) mass is 608 g/mol. The van der Waals surface area contributed by atoms with Crippen LogP contribution in [0.1, 0.15) is 31.2 Å². The van der Waals surface area contributed by atoms with Crippen LogP contribution in [0.3, 0.4) is 0 Å². The summed E-state index contributed by atoms with van der Waals surface area (Å²) in [6, 6.07) is 7.57. The summed E-state index contributed by atoms with van der Waals surface area (Å²) in [7, 11) is -8.06. The second kappa shape index (κ2) is 9.45. The number of benzene rings is 2. The number of aliphatic hydroxyl groups is 1. The second-order valence-electron chi connectivity index (χ2n) is 10.7. The number of nitrogens with zero attached hydrogens (tertiary/aromatic N) is 2. The molecule has 212 valence electrons. The first-order chi connectivity index (χ1) is 18.8. The van der Waals surface area contributed by atoms with E-state index >= 15 is 0 Å².